The minimum absolute atomic E-state index is 0.0171. The van der Waals surface area contributed by atoms with Gasteiger partial charge in [0.05, 0.1) is 17.6 Å². The fourth-order valence-electron chi connectivity index (χ4n) is 3.66. The van der Waals surface area contributed by atoms with Gasteiger partial charge in [-0.25, -0.2) is 14.6 Å². The lowest BCUT2D eigenvalue weighted by Crippen LogP contribution is -2.43. The Morgan fingerprint density at radius 2 is 1.97 bits per heavy atom. The van der Waals surface area contributed by atoms with Crippen LogP contribution in [-0.4, -0.2) is 44.9 Å². The second kappa shape index (κ2) is 8.25. The molecule has 3 aromatic rings. The molecule has 0 spiro atoms. The van der Waals surface area contributed by atoms with E-state index < -0.39 is 30.2 Å². The predicted molar refractivity (Wildman–Crippen MR) is 106 cm³/mol. The number of hydrogen-bond donors (Lipinski definition) is 3. The van der Waals surface area contributed by atoms with Crippen molar-refractivity contribution >= 4 is 17.7 Å². The summed E-state index contributed by atoms with van der Waals surface area (Å²) in [6.07, 6.45) is -3.08. The van der Waals surface area contributed by atoms with E-state index in [1.54, 1.807) is 6.07 Å². The molecule has 0 aliphatic carbocycles. The standard InChI is InChI=1S/C21H17F3N4O4/c22-21(23,24)32-16-7-2-1-6-14(16)18-17-15(25-11-26-17)8-9-28(18)20(31)27-13-5-3-4-12(10-13)19(29)30/h1-7,10-11,18H,8-9H2,(H,25,26)(H,27,31)(H,29,30). The van der Waals surface area contributed by atoms with E-state index in [0.717, 1.165) is 0 Å². The van der Waals surface area contributed by atoms with E-state index in [0.29, 0.717) is 17.8 Å². The van der Waals surface area contributed by atoms with Gasteiger partial charge in [0, 0.05) is 29.9 Å². The van der Waals surface area contributed by atoms with Gasteiger partial charge in [-0.1, -0.05) is 24.3 Å². The quantitative estimate of drug-likeness (QED) is 0.557. The number of fused-ring (bicyclic) bond motifs is 1. The van der Waals surface area contributed by atoms with Gasteiger partial charge in [-0.15, -0.1) is 13.2 Å². The average Bonchev–Trinajstić information content (AvgIpc) is 3.21. The van der Waals surface area contributed by atoms with E-state index in [9.17, 15) is 22.8 Å². The zero-order chi connectivity index (χ0) is 22.9. The van der Waals surface area contributed by atoms with Gasteiger partial charge in [-0.2, -0.15) is 0 Å². The normalized spacial score (nSPS) is 15.7. The summed E-state index contributed by atoms with van der Waals surface area (Å²) >= 11 is 0. The number of aromatic amines is 1. The molecule has 1 aromatic heterocycles. The maximum absolute atomic E-state index is 13.1. The second-order valence-corrected chi connectivity index (χ2v) is 7.01. The highest BCUT2D eigenvalue weighted by atomic mass is 19.4. The topological polar surface area (TPSA) is 108 Å². The first-order valence-electron chi connectivity index (χ1n) is 9.51. The summed E-state index contributed by atoms with van der Waals surface area (Å²) in [5, 5.41) is 11.8. The molecule has 11 heteroatoms. The number of hydrogen-bond acceptors (Lipinski definition) is 4. The van der Waals surface area contributed by atoms with Crippen molar-refractivity contribution in [1.29, 1.82) is 0 Å². The molecule has 0 bridgehead atoms. The number of alkyl halides is 3. The number of aromatic nitrogens is 2. The number of urea groups is 1. The Morgan fingerprint density at radius 3 is 2.72 bits per heavy atom. The van der Waals surface area contributed by atoms with Crippen LogP contribution in [0.1, 0.15) is 33.4 Å². The van der Waals surface area contributed by atoms with E-state index >= 15 is 0 Å². The largest absolute Gasteiger partial charge is 0.573 e. The number of benzene rings is 2. The van der Waals surface area contributed by atoms with Crippen molar-refractivity contribution in [2.45, 2.75) is 18.8 Å². The third-order valence-corrected chi connectivity index (χ3v) is 4.99. The van der Waals surface area contributed by atoms with Crippen LogP contribution in [0.4, 0.5) is 23.7 Å². The number of nitrogens with one attached hydrogen (secondary N) is 2. The second-order valence-electron chi connectivity index (χ2n) is 7.01. The molecule has 0 radical (unpaired) electrons. The highest BCUT2D eigenvalue weighted by Crippen LogP contribution is 2.39. The van der Waals surface area contributed by atoms with Crippen molar-refractivity contribution in [3.63, 3.8) is 0 Å². The first kappa shape index (κ1) is 21.2. The smallest absolute Gasteiger partial charge is 0.478 e. The molecule has 1 unspecified atom stereocenters. The van der Waals surface area contributed by atoms with Gasteiger partial charge in [-0.05, 0) is 24.3 Å². The fourth-order valence-corrected chi connectivity index (χ4v) is 3.66. The van der Waals surface area contributed by atoms with Gasteiger partial charge in [0.25, 0.3) is 0 Å². The van der Waals surface area contributed by atoms with Crippen LogP contribution in [-0.2, 0) is 6.42 Å². The molecule has 32 heavy (non-hydrogen) atoms. The van der Waals surface area contributed by atoms with Crippen molar-refractivity contribution in [2.75, 3.05) is 11.9 Å². The molecule has 1 atom stereocenters. The minimum Gasteiger partial charge on any atom is -0.478 e. The number of carbonyl (C=O) groups is 2. The van der Waals surface area contributed by atoms with Crippen LogP contribution in [0.3, 0.4) is 0 Å². The summed E-state index contributed by atoms with van der Waals surface area (Å²) in [6, 6.07) is 9.67. The van der Waals surface area contributed by atoms with E-state index in [1.807, 2.05) is 0 Å². The van der Waals surface area contributed by atoms with Crippen LogP contribution >= 0.6 is 0 Å². The number of ether oxygens (including phenoxy) is 1. The number of nitrogens with zero attached hydrogens (tertiary/aromatic N) is 2. The highest BCUT2D eigenvalue weighted by Gasteiger charge is 2.38. The molecule has 166 valence electrons. The van der Waals surface area contributed by atoms with Crippen molar-refractivity contribution in [1.82, 2.24) is 14.9 Å². The first-order chi connectivity index (χ1) is 15.2. The monoisotopic (exact) mass is 446 g/mol. The van der Waals surface area contributed by atoms with Gasteiger partial charge >= 0.3 is 18.4 Å². The number of imidazole rings is 1. The molecular formula is C21H17F3N4O4. The molecule has 1 aliphatic heterocycles. The molecule has 8 nitrogen and oxygen atoms in total. The summed E-state index contributed by atoms with van der Waals surface area (Å²) in [5.74, 6) is -1.59. The van der Waals surface area contributed by atoms with Crippen molar-refractivity contribution in [3.8, 4) is 5.75 Å². The zero-order valence-electron chi connectivity index (χ0n) is 16.4. The Hall–Kier alpha value is -4.02. The van der Waals surface area contributed by atoms with E-state index in [4.69, 9.17) is 5.11 Å². The Labute approximate surface area is 179 Å². The van der Waals surface area contributed by atoms with Crippen LogP contribution in [0.15, 0.2) is 54.9 Å². The number of aromatic carboxylic acids is 1. The van der Waals surface area contributed by atoms with Gasteiger partial charge in [0.15, 0.2) is 0 Å². The first-order valence-corrected chi connectivity index (χ1v) is 9.51. The fraction of sp³-hybridized carbons (Fsp3) is 0.190. The van der Waals surface area contributed by atoms with E-state index in [2.05, 4.69) is 20.0 Å². The Kier molecular flexibility index (Phi) is 5.47. The Morgan fingerprint density at radius 1 is 1.19 bits per heavy atom. The predicted octanol–water partition coefficient (Wildman–Crippen LogP) is 4.19. The van der Waals surface area contributed by atoms with E-state index in [1.165, 1.54) is 53.7 Å². The lowest BCUT2D eigenvalue weighted by atomic mass is 9.95. The molecule has 2 amide bonds. The third kappa shape index (κ3) is 4.36. The number of amides is 2. The number of rotatable bonds is 4. The van der Waals surface area contributed by atoms with Crippen LogP contribution in [0, 0.1) is 0 Å². The SMILES string of the molecule is O=C(O)c1cccc(NC(=O)N2CCc3[nH]cnc3C2c2ccccc2OC(F)(F)F)c1. The molecule has 1 aliphatic rings. The molecule has 0 saturated carbocycles. The molecule has 0 fully saturated rings. The van der Waals surface area contributed by atoms with Gasteiger partial charge in [0.1, 0.15) is 11.8 Å². The maximum Gasteiger partial charge on any atom is 0.573 e. The minimum atomic E-state index is -4.91. The van der Waals surface area contributed by atoms with Crippen molar-refractivity contribution < 1.29 is 32.6 Å². The van der Waals surface area contributed by atoms with Crippen LogP contribution in [0.5, 0.6) is 5.75 Å². The number of carboxylic acids is 1. The third-order valence-electron chi connectivity index (χ3n) is 4.99. The molecule has 2 heterocycles. The number of anilines is 1. The van der Waals surface area contributed by atoms with Crippen molar-refractivity contribution in [2.24, 2.45) is 0 Å². The summed E-state index contributed by atoms with van der Waals surface area (Å²) < 4.78 is 43.2. The van der Waals surface area contributed by atoms with E-state index in [-0.39, 0.29) is 23.4 Å². The summed E-state index contributed by atoms with van der Waals surface area (Å²) in [4.78, 5) is 32.9. The number of halogens is 3. The molecule has 2 aromatic carbocycles. The maximum atomic E-state index is 13.1. The summed E-state index contributed by atoms with van der Waals surface area (Å²) in [6.45, 7) is 0.185. The number of carbonyl (C=O) groups excluding carboxylic acids is 1. The van der Waals surface area contributed by atoms with Gasteiger partial charge in [0.2, 0.25) is 0 Å². The summed E-state index contributed by atoms with van der Waals surface area (Å²) in [5.41, 5.74) is 1.45. The number of para-hydroxylation sites is 1. The Balaban J connectivity index is 1.71. The molecule has 4 rings (SSSR count). The molecule has 0 saturated heterocycles. The van der Waals surface area contributed by atoms with Crippen LogP contribution in [0.25, 0.3) is 0 Å². The van der Waals surface area contributed by atoms with Crippen LogP contribution < -0.4 is 10.1 Å². The molecular weight excluding hydrogens is 429 g/mol. The number of carboxylic acid groups (broad SMARTS) is 1. The lowest BCUT2D eigenvalue weighted by Gasteiger charge is -2.36. The van der Waals surface area contributed by atoms with Crippen molar-refractivity contribution in [3.05, 3.63) is 77.4 Å². The zero-order valence-corrected chi connectivity index (χ0v) is 16.4. The molecule has 3 N–H and O–H groups in total. The highest BCUT2D eigenvalue weighted by molar-refractivity contribution is 5.93. The lowest BCUT2D eigenvalue weighted by molar-refractivity contribution is -0.275. The van der Waals surface area contributed by atoms with Gasteiger partial charge < -0.3 is 25.0 Å². The summed E-state index contributed by atoms with van der Waals surface area (Å²) in [7, 11) is 0. The van der Waals surface area contributed by atoms with Gasteiger partial charge in [-0.3, -0.25) is 0 Å². The van der Waals surface area contributed by atoms with Crippen LogP contribution in [0.2, 0.25) is 0 Å². The number of H-pyrrole nitrogens is 1. The Bertz CT molecular complexity index is 1160. The average molecular weight is 446 g/mol.